The maximum atomic E-state index is 8.49. The summed E-state index contributed by atoms with van der Waals surface area (Å²) in [6.45, 7) is 9.01. The number of halogens is 1. The Balaban J connectivity index is 0.000000575. The minimum atomic E-state index is -4.94. The molecule has 0 saturated heterocycles. The minimum Gasteiger partial charge on any atom is -0.222 e. The second kappa shape index (κ2) is 10.6. The van der Waals surface area contributed by atoms with Gasteiger partial charge in [0, 0.05) is 12.8 Å². The second-order valence-corrected chi connectivity index (χ2v) is 8.57. The SMILES string of the molecule is CC(C)Cc1cc(-c2ccccc2)cc(CC(C)C)[n+]1-c1ncn[nH]1.[O-][Cl+3]([O-])([O-])[O-]. The van der Waals surface area contributed by atoms with E-state index in [1.165, 1.54) is 22.5 Å². The first-order valence-electron chi connectivity index (χ1n) is 9.65. The van der Waals surface area contributed by atoms with Gasteiger partial charge in [0.1, 0.15) is 0 Å². The number of rotatable bonds is 6. The van der Waals surface area contributed by atoms with Gasteiger partial charge < -0.3 is 0 Å². The molecule has 2 heterocycles. The van der Waals surface area contributed by atoms with E-state index in [2.05, 4.69) is 89.9 Å². The van der Waals surface area contributed by atoms with Crippen molar-refractivity contribution in [3.05, 3.63) is 60.2 Å². The molecule has 0 bridgehead atoms. The number of hydrogen-bond acceptors (Lipinski definition) is 6. The molecule has 3 aromatic rings. The number of hydrogen-bond donors (Lipinski definition) is 1. The van der Waals surface area contributed by atoms with Crippen LogP contribution in [0.2, 0.25) is 0 Å². The first kappa shape index (κ1) is 23.9. The summed E-state index contributed by atoms with van der Waals surface area (Å²) in [6, 6.07) is 15.2. The van der Waals surface area contributed by atoms with Crippen molar-refractivity contribution >= 4 is 0 Å². The van der Waals surface area contributed by atoms with E-state index < -0.39 is 10.2 Å². The number of aromatic nitrogens is 4. The average Bonchev–Trinajstić information content (AvgIpc) is 3.14. The molecule has 0 saturated carbocycles. The van der Waals surface area contributed by atoms with Crippen LogP contribution in [-0.4, -0.2) is 15.2 Å². The van der Waals surface area contributed by atoms with Crippen molar-refractivity contribution in [2.75, 3.05) is 0 Å². The molecule has 0 fully saturated rings. The third-order valence-corrected chi connectivity index (χ3v) is 4.17. The second-order valence-electron chi connectivity index (χ2n) is 7.81. The smallest absolute Gasteiger partial charge is 0.222 e. The van der Waals surface area contributed by atoms with Gasteiger partial charge >= 0.3 is 5.95 Å². The zero-order valence-corrected chi connectivity index (χ0v) is 18.3. The van der Waals surface area contributed by atoms with E-state index in [-0.39, 0.29) is 0 Å². The monoisotopic (exact) mass is 434 g/mol. The van der Waals surface area contributed by atoms with Crippen LogP contribution in [0.4, 0.5) is 0 Å². The minimum absolute atomic E-state index is 0.562. The lowest BCUT2D eigenvalue weighted by molar-refractivity contribution is -2.00. The molecule has 9 heteroatoms. The average molecular weight is 435 g/mol. The van der Waals surface area contributed by atoms with Crippen LogP contribution in [-0.2, 0) is 12.8 Å². The fourth-order valence-corrected chi connectivity index (χ4v) is 3.23. The highest BCUT2D eigenvalue weighted by molar-refractivity contribution is 5.63. The van der Waals surface area contributed by atoms with Crippen LogP contribution in [0.15, 0.2) is 48.8 Å². The number of pyridine rings is 1. The van der Waals surface area contributed by atoms with E-state index in [1.54, 1.807) is 6.33 Å². The summed E-state index contributed by atoms with van der Waals surface area (Å²) >= 11 is 0. The Hall–Kier alpha value is -2.36. The summed E-state index contributed by atoms with van der Waals surface area (Å²) in [5, 5.41) is 7.10. The first-order chi connectivity index (χ1) is 14.0. The Labute approximate surface area is 178 Å². The van der Waals surface area contributed by atoms with Gasteiger partial charge in [-0.15, -0.1) is 10.2 Å². The Morgan fingerprint density at radius 2 is 1.37 bits per heavy atom. The Bertz CT molecular complexity index is 874. The van der Waals surface area contributed by atoms with E-state index in [0.29, 0.717) is 11.8 Å². The van der Waals surface area contributed by atoms with Gasteiger partial charge in [-0.25, -0.2) is 23.2 Å². The van der Waals surface area contributed by atoms with Crippen molar-refractivity contribution in [3.8, 4) is 17.1 Å². The number of aromatic amines is 1. The van der Waals surface area contributed by atoms with Crippen LogP contribution < -0.4 is 23.2 Å². The van der Waals surface area contributed by atoms with Crippen LogP contribution >= 0.6 is 0 Å². The summed E-state index contributed by atoms with van der Waals surface area (Å²) in [5.74, 6) is 1.92. The zero-order chi connectivity index (χ0) is 22.3. The topological polar surface area (TPSA) is 138 Å². The maximum absolute atomic E-state index is 8.49. The molecule has 0 unspecified atom stereocenters. The Morgan fingerprint density at radius 1 is 0.867 bits per heavy atom. The largest absolute Gasteiger partial charge is 0.422 e. The molecule has 162 valence electrons. The standard InChI is InChI=1S/C21H27N4.ClHO4/c1-15(2)10-19-12-18(17-8-6-5-7-9-17)13-20(11-16(3)4)25(19)21-22-14-23-24-21;2-1(3,4)5/h5-9,12-16H,10-11H2,1-4H3,(H,22,23,24);(H,2,3,4,5)/q+1;/p-1. The van der Waals surface area contributed by atoms with Crippen molar-refractivity contribution in [1.82, 2.24) is 15.2 Å². The molecule has 1 aromatic carbocycles. The molecule has 0 aliphatic carbocycles. The molecule has 2 aromatic heterocycles. The van der Waals surface area contributed by atoms with Crippen LogP contribution in [0.3, 0.4) is 0 Å². The normalized spacial score (nSPS) is 11.5. The van der Waals surface area contributed by atoms with Gasteiger partial charge in [0.2, 0.25) is 6.33 Å². The van der Waals surface area contributed by atoms with Crippen LogP contribution in [0.25, 0.3) is 17.1 Å². The number of nitrogens with one attached hydrogen (secondary N) is 1. The van der Waals surface area contributed by atoms with Gasteiger partial charge in [0.15, 0.2) is 0 Å². The molecule has 0 aliphatic heterocycles. The first-order valence-corrected chi connectivity index (χ1v) is 10.9. The van der Waals surface area contributed by atoms with E-state index in [9.17, 15) is 0 Å². The number of nitrogens with zero attached hydrogens (tertiary/aromatic N) is 3. The highest BCUT2D eigenvalue weighted by Crippen LogP contribution is 2.23. The summed E-state index contributed by atoms with van der Waals surface area (Å²) in [7, 11) is -4.94. The highest BCUT2D eigenvalue weighted by atomic mass is 35.7. The van der Waals surface area contributed by atoms with E-state index in [1.807, 2.05) is 0 Å². The summed E-state index contributed by atoms with van der Waals surface area (Å²) in [4.78, 5) is 4.42. The van der Waals surface area contributed by atoms with Gasteiger partial charge in [-0.1, -0.05) is 68.1 Å². The van der Waals surface area contributed by atoms with E-state index in [0.717, 1.165) is 18.8 Å². The Morgan fingerprint density at radius 3 is 1.77 bits per heavy atom. The quantitative estimate of drug-likeness (QED) is 0.513. The van der Waals surface area contributed by atoms with Crippen LogP contribution in [0.1, 0.15) is 39.1 Å². The van der Waals surface area contributed by atoms with Crippen molar-refractivity contribution < 1.29 is 33.4 Å². The molecule has 8 nitrogen and oxygen atoms in total. The van der Waals surface area contributed by atoms with E-state index in [4.69, 9.17) is 18.6 Å². The molecule has 0 spiro atoms. The van der Waals surface area contributed by atoms with Crippen molar-refractivity contribution in [1.29, 1.82) is 0 Å². The molecule has 0 radical (unpaired) electrons. The number of benzene rings is 1. The van der Waals surface area contributed by atoms with Gasteiger partial charge in [-0.3, -0.25) is 0 Å². The molecule has 1 N–H and O–H groups in total. The molecular weight excluding hydrogens is 408 g/mol. The van der Waals surface area contributed by atoms with Crippen LogP contribution in [0, 0.1) is 22.1 Å². The predicted molar refractivity (Wildman–Crippen MR) is 100 cm³/mol. The van der Waals surface area contributed by atoms with Gasteiger partial charge in [-0.2, -0.15) is 5.10 Å². The Kier molecular flexibility index (Phi) is 8.45. The lowest BCUT2D eigenvalue weighted by Crippen LogP contribution is -2.68. The molecule has 3 rings (SSSR count). The molecule has 0 amide bonds. The summed E-state index contributed by atoms with van der Waals surface area (Å²) in [6.07, 6.45) is 3.56. The van der Waals surface area contributed by atoms with Gasteiger partial charge in [0.05, 0.1) is 11.4 Å². The van der Waals surface area contributed by atoms with Crippen molar-refractivity contribution in [2.45, 2.75) is 40.5 Å². The van der Waals surface area contributed by atoms with Gasteiger partial charge in [-0.05, 0) is 35.1 Å². The summed E-state index contributed by atoms with van der Waals surface area (Å²) in [5.41, 5.74) is 5.05. The maximum Gasteiger partial charge on any atom is 0.422 e. The zero-order valence-electron chi connectivity index (χ0n) is 17.5. The molecule has 30 heavy (non-hydrogen) atoms. The molecule has 0 aliphatic rings. The van der Waals surface area contributed by atoms with E-state index >= 15 is 0 Å². The van der Waals surface area contributed by atoms with Gasteiger partial charge in [0.25, 0.3) is 0 Å². The third kappa shape index (κ3) is 7.81. The number of H-pyrrole nitrogens is 1. The lowest BCUT2D eigenvalue weighted by atomic mass is 9.98. The van der Waals surface area contributed by atoms with Crippen molar-refractivity contribution in [2.24, 2.45) is 11.8 Å². The molecular formula is C21H27ClN4O4. The molecule has 0 atom stereocenters. The van der Waals surface area contributed by atoms with Crippen LogP contribution in [0.5, 0.6) is 0 Å². The van der Waals surface area contributed by atoms with Crippen molar-refractivity contribution in [3.63, 3.8) is 0 Å². The predicted octanol–water partition coefficient (Wildman–Crippen LogP) is -0.611. The highest BCUT2D eigenvalue weighted by Gasteiger charge is 2.21. The lowest BCUT2D eigenvalue weighted by Gasteiger charge is -2.17. The summed E-state index contributed by atoms with van der Waals surface area (Å²) < 4.78 is 36.2. The third-order valence-electron chi connectivity index (χ3n) is 4.17. The fourth-order valence-electron chi connectivity index (χ4n) is 3.23. The fraction of sp³-hybridized carbons (Fsp3) is 0.381.